The molecule has 0 aromatic rings. The number of allylic oxidation sites excluding steroid dienone is 20. The highest BCUT2D eigenvalue weighted by Gasteiger charge is 2.19. The van der Waals surface area contributed by atoms with E-state index in [2.05, 4.69) is 142 Å². The van der Waals surface area contributed by atoms with Gasteiger partial charge >= 0.3 is 17.9 Å². The maximum absolute atomic E-state index is 12.9. The summed E-state index contributed by atoms with van der Waals surface area (Å²) < 4.78 is 16.8. The molecule has 0 bridgehead atoms. The van der Waals surface area contributed by atoms with E-state index in [1.807, 2.05) is 0 Å². The molecule has 0 heterocycles. The molecule has 6 nitrogen and oxygen atoms in total. The Labute approximate surface area is 488 Å². The average molecular weight is 1100 g/mol. The van der Waals surface area contributed by atoms with E-state index in [0.29, 0.717) is 19.3 Å². The monoisotopic (exact) mass is 1090 g/mol. The Morgan fingerprint density at radius 2 is 0.494 bits per heavy atom. The first kappa shape index (κ1) is 74.8. The van der Waals surface area contributed by atoms with Gasteiger partial charge in [-0.25, -0.2) is 0 Å². The van der Waals surface area contributed by atoms with E-state index in [-0.39, 0.29) is 31.1 Å². The minimum atomic E-state index is -0.787. The normalized spacial score (nSPS) is 12.9. The predicted molar refractivity (Wildman–Crippen MR) is 343 cm³/mol. The topological polar surface area (TPSA) is 78.9 Å². The molecule has 0 radical (unpaired) electrons. The van der Waals surface area contributed by atoms with Crippen LogP contribution in [0.15, 0.2) is 122 Å². The van der Waals surface area contributed by atoms with Crippen molar-refractivity contribution in [1.29, 1.82) is 0 Å². The molecule has 0 aromatic carbocycles. The summed E-state index contributed by atoms with van der Waals surface area (Å²) in [4.78, 5) is 38.1. The molecule has 6 heteroatoms. The summed E-state index contributed by atoms with van der Waals surface area (Å²) in [5.41, 5.74) is 0. The number of hydrogen-bond acceptors (Lipinski definition) is 6. The number of carbonyl (C=O) groups is 3. The molecule has 0 spiro atoms. The van der Waals surface area contributed by atoms with Crippen molar-refractivity contribution in [2.75, 3.05) is 13.2 Å². The first-order valence-electron chi connectivity index (χ1n) is 33.0. The van der Waals surface area contributed by atoms with Crippen LogP contribution < -0.4 is 0 Å². The molecule has 0 aliphatic heterocycles. The zero-order valence-corrected chi connectivity index (χ0v) is 51.6. The van der Waals surface area contributed by atoms with Crippen molar-refractivity contribution in [2.24, 2.45) is 0 Å². The lowest BCUT2D eigenvalue weighted by Crippen LogP contribution is -2.30. The van der Waals surface area contributed by atoms with Crippen molar-refractivity contribution in [3.63, 3.8) is 0 Å². The largest absolute Gasteiger partial charge is 0.462 e. The lowest BCUT2D eigenvalue weighted by atomic mass is 10.0. The molecule has 0 aromatic heterocycles. The standard InChI is InChI=1S/C73H122O6/c1-4-7-10-13-16-18-20-22-24-26-28-30-31-32-33-34-35-36-37-38-39-40-41-43-44-46-48-50-52-54-57-60-63-66-72(75)78-69-70(68-77-71(74)65-62-59-56-15-12-9-6-3)79-73(76)67-64-61-58-55-53-51-49-47-45-42-29-27-25-23-21-19-17-14-11-8-5-2/h7-8,10-11,16-19,22-25,28-30,32-33,42,47,49,70H,4-6,9,12-15,20-21,26-27,31,34-41,43-46,48,50-69H2,1-3H3/b10-7-,11-8-,18-16-,19-17-,24-22-,25-23-,30-28-,33-32-,42-29-,49-47-. The Balaban J connectivity index is 4.09. The van der Waals surface area contributed by atoms with Crippen LogP contribution in [0.5, 0.6) is 0 Å². The Bertz CT molecular complexity index is 1640. The molecular weight excluding hydrogens is 973 g/mol. The molecule has 0 amide bonds. The van der Waals surface area contributed by atoms with Crippen molar-refractivity contribution in [3.05, 3.63) is 122 Å². The zero-order valence-electron chi connectivity index (χ0n) is 51.6. The maximum atomic E-state index is 12.9. The van der Waals surface area contributed by atoms with Gasteiger partial charge in [0.05, 0.1) is 0 Å². The average Bonchev–Trinajstić information content (AvgIpc) is 3.45. The molecule has 0 saturated heterocycles. The highest BCUT2D eigenvalue weighted by atomic mass is 16.6. The highest BCUT2D eigenvalue weighted by molar-refractivity contribution is 5.71. The van der Waals surface area contributed by atoms with E-state index in [1.54, 1.807) is 0 Å². The Kier molecular flexibility index (Phi) is 62.8. The van der Waals surface area contributed by atoms with Gasteiger partial charge in [-0.2, -0.15) is 0 Å². The second kappa shape index (κ2) is 66.3. The van der Waals surface area contributed by atoms with Crippen molar-refractivity contribution in [1.82, 2.24) is 0 Å². The first-order valence-corrected chi connectivity index (χ1v) is 33.0. The van der Waals surface area contributed by atoms with Crippen molar-refractivity contribution < 1.29 is 28.6 Å². The smallest absolute Gasteiger partial charge is 0.306 e. The first-order chi connectivity index (χ1) is 39.0. The van der Waals surface area contributed by atoms with Crippen LogP contribution in [0.2, 0.25) is 0 Å². The summed E-state index contributed by atoms with van der Waals surface area (Å²) >= 11 is 0. The third-order valence-corrected chi connectivity index (χ3v) is 14.0. The van der Waals surface area contributed by atoms with E-state index in [1.165, 1.54) is 122 Å². The number of hydrogen-bond donors (Lipinski definition) is 0. The fourth-order valence-corrected chi connectivity index (χ4v) is 9.09. The summed E-state index contributed by atoms with van der Waals surface area (Å²) in [6, 6.07) is 0. The molecule has 0 saturated carbocycles. The van der Waals surface area contributed by atoms with Gasteiger partial charge in [0.15, 0.2) is 6.10 Å². The summed E-state index contributed by atoms with van der Waals surface area (Å²) in [5.74, 6) is -0.904. The maximum Gasteiger partial charge on any atom is 0.306 e. The van der Waals surface area contributed by atoms with Gasteiger partial charge in [-0.15, -0.1) is 0 Å². The van der Waals surface area contributed by atoms with E-state index < -0.39 is 6.10 Å². The number of rotatable bonds is 59. The van der Waals surface area contributed by atoms with Gasteiger partial charge < -0.3 is 14.2 Å². The van der Waals surface area contributed by atoms with Gasteiger partial charge in [0.1, 0.15) is 13.2 Å². The molecule has 1 atom stereocenters. The summed E-state index contributed by atoms with van der Waals surface area (Å²) in [6.45, 7) is 6.37. The third kappa shape index (κ3) is 64.5. The minimum absolute atomic E-state index is 0.0848. The van der Waals surface area contributed by atoms with E-state index >= 15 is 0 Å². The second-order valence-electron chi connectivity index (χ2n) is 21.6. The van der Waals surface area contributed by atoms with Crippen LogP contribution in [-0.4, -0.2) is 37.2 Å². The molecule has 0 aliphatic rings. The van der Waals surface area contributed by atoms with Crippen LogP contribution in [0.4, 0.5) is 0 Å². The summed E-state index contributed by atoms with van der Waals surface area (Å²) in [7, 11) is 0. The quantitative estimate of drug-likeness (QED) is 0.0261. The number of ether oxygens (including phenoxy) is 3. The van der Waals surface area contributed by atoms with Crippen molar-refractivity contribution >= 4 is 17.9 Å². The molecule has 450 valence electrons. The van der Waals surface area contributed by atoms with Crippen molar-refractivity contribution in [3.8, 4) is 0 Å². The Morgan fingerprint density at radius 1 is 0.266 bits per heavy atom. The fraction of sp³-hybridized carbons (Fsp3) is 0.685. The lowest BCUT2D eigenvalue weighted by Gasteiger charge is -2.18. The molecule has 0 rings (SSSR count). The fourth-order valence-electron chi connectivity index (χ4n) is 9.09. The van der Waals surface area contributed by atoms with E-state index in [0.717, 1.165) is 141 Å². The lowest BCUT2D eigenvalue weighted by molar-refractivity contribution is -0.167. The van der Waals surface area contributed by atoms with E-state index in [4.69, 9.17) is 14.2 Å². The molecule has 0 aliphatic carbocycles. The molecule has 0 fully saturated rings. The van der Waals surface area contributed by atoms with Gasteiger partial charge in [-0.05, 0) is 109 Å². The van der Waals surface area contributed by atoms with Gasteiger partial charge in [0.2, 0.25) is 0 Å². The Morgan fingerprint density at radius 3 is 0.772 bits per heavy atom. The van der Waals surface area contributed by atoms with Gasteiger partial charge in [-0.1, -0.05) is 296 Å². The van der Waals surface area contributed by atoms with Gasteiger partial charge in [0.25, 0.3) is 0 Å². The van der Waals surface area contributed by atoms with Gasteiger partial charge in [-0.3, -0.25) is 14.4 Å². The number of carbonyl (C=O) groups excluding carboxylic acids is 3. The molecule has 0 N–H and O–H groups in total. The van der Waals surface area contributed by atoms with E-state index in [9.17, 15) is 14.4 Å². The molecular formula is C73H122O6. The van der Waals surface area contributed by atoms with Crippen LogP contribution in [0.1, 0.15) is 303 Å². The number of unbranched alkanes of at least 4 members (excludes halogenated alkanes) is 28. The van der Waals surface area contributed by atoms with Gasteiger partial charge in [0, 0.05) is 19.3 Å². The van der Waals surface area contributed by atoms with Crippen LogP contribution in [0.25, 0.3) is 0 Å². The summed E-state index contributed by atoms with van der Waals surface area (Å²) in [5, 5.41) is 0. The highest BCUT2D eigenvalue weighted by Crippen LogP contribution is 2.16. The third-order valence-electron chi connectivity index (χ3n) is 14.0. The van der Waals surface area contributed by atoms with Crippen LogP contribution >= 0.6 is 0 Å². The van der Waals surface area contributed by atoms with Crippen LogP contribution in [0, 0.1) is 0 Å². The SMILES string of the molecule is CC/C=C\C/C=C\C/C=C\C/C=C\C/C=C\CCCCCCCCCCCCCCCCCCCC(=O)OCC(COC(=O)CCCCCCCCC)OC(=O)CCCCCCC/C=C\C/C=C\C/C=C\C/C=C\C/C=C\CC. The second-order valence-corrected chi connectivity index (χ2v) is 21.6. The van der Waals surface area contributed by atoms with Crippen molar-refractivity contribution in [2.45, 2.75) is 309 Å². The van der Waals surface area contributed by atoms with Crippen LogP contribution in [-0.2, 0) is 28.6 Å². The van der Waals surface area contributed by atoms with Crippen LogP contribution in [0.3, 0.4) is 0 Å². The zero-order chi connectivity index (χ0) is 57.1. The number of esters is 3. The minimum Gasteiger partial charge on any atom is -0.462 e. The predicted octanol–water partition coefficient (Wildman–Crippen LogP) is 22.8. The Hall–Kier alpha value is -4.19. The molecule has 79 heavy (non-hydrogen) atoms. The summed E-state index contributed by atoms with van der Waals surface area (Å²) in [6.07, 6.45) is 92.4. The molecule has 1 unspecified atom stereocenters.